The summed E-state index contributed by atoms with van der Waals surface area (Å²) in [7, 11) is 0. The lowest BCUT2D eigenvalue weighted by molar-refractivity contribution is -0.119. The van der Waals surface area contributed by atoms with Gasteiger partial charge in [0.2, 0.25) is 0 Å². The molecule has 0 radical (unpaired) electrons. The normalized spacial score (nSPS) is 17.4. The average molecular weight is 436 g/mol. The average Bonchev–Trinajstić information content (AvgIpc) is 3.38. The Bertz CT molecular complexity index is 1100. The standard InChI is InChI=1S/C24H24N2O6/c1-14-5-3-7-20(15(14)2)25-21(27)13-32-24(30)16-8-9-18-19(11-16)23(29)26(22(18)28)12-17-6-4-10-31-17/h3,5,7-9,11,17H,4,6,10,12-13H2,1-2H3,(H,25,27)/t17-/m0/s1. The molecule has 0 aromatic heterocycles. The minimum atomic E-state index is -0.748. The number of esters is 1. The number of hydrogen-bond acceptors (Lipinski definition) is 6. The van der Waals surface area contributed by atoms with E-state index in [2.05, 4.69) is 5.32 Å². The number of nitrogens with zero attached hydrogens (tertiary/aromatic N) is 1. The highest BCUT2D eigenvalue weighted by Gasteiger charge is 2.38. The molecule has 1 N–H and O–H groups in total. The van der Waals surface area contributed by atoms with Crippen molar-refractivity contribution in [2.45, 2.75) is 32.8 Å². The second-order valence-corrected chi connectivity index (χ2v) is 7.99. The maximum atomic E-state index is 12.7. The second kappa shape index (κ2) is 8.92. The van der Waals surface area contributed by atoms with Crippen LogP contribution in [0, 0.1) is 13.8 Å². The van der Waals surface area contributed by atoms with Crippen LogP contribution >= 0.6 is 0 Å². The molecule has 2 aromatic carbocycles. The minimum Gasteiger partial charge on any atom is -0.452 e. The molecule has 2 heterocycles. The van der Waals surface area contributed by atoms with Gasteiger partial charge >= 0.3 is 5.97 Å². The van der Waals surface area contributed by atoms with Gasteiger partial charge in [0, 0.05) is 12.3 Å². The molecule has 3 amide bonds. The van der Waals surface area contributed by atoms with E-state index in [0.29, 0.717) is 12.3 Å². The number of aryl methyl sites for hydroxylation is 1. The third-order valence-corrected chi connectivity index (χ3v) is 5.83. The summed E-state index contributed by atoms with van der Waals surface area (Å²) in [6, 6.07) is 9.74. The Hall–Kier alpha value is -3.52. The van der Waals surface area contributed by atoms with E-state index >= 15 is 0 Å². The van der Waals surface area contributed by atoms with Gasteiger partial charge in [-0.1, -0.05) is 12.1 Å². The zero-order chi connectivity index (χ0) is 22.8. The zero-order valence-electron chi connectivity index (χ0n) is 18.0. The number of ether oxygens (including phenoxy) is 2. The molecule has 0 spiro atoms. The first-order valence-electron chi connectivity index (χ1n) is 10.5. The lowest BCUT2D eigenvalue weighted by Gasteiger charge is -2.17. The van der Waals surface area contributed by atoms with E-state index in [1.165, 1.54) is 18.2 Å². The van der Waals surface area contributed by atoms with E-state index in [0.717, 1.165) is 28.9 Å². The van der Waals surface area contributed by atoms with Crippen LogP contribution in [0.3, 0.4) is 0 Å². The SMILES string of the molecule is Cc1cccc(NC(=O)COC(=O)c2ccc3c(c2)C(=O)N(C[C@@H]2CCCO2)C3=O)c1C. The van der Waals surface area contributed by atoms with Crippen LogP contribution in [0.2, 0.25) is 0 Å². The molecule has 0 aliphatic carbocycles. The second-order valence-electron chi connectivity index (χ2n) is 7.99. The highest BCUT2D eigenvalue weighted by molar-refractivity contribution is 6.22. The fourth-order valence-corrected chi connectivity index (χ4v) is 3.86. The Labute approximate surface area is 185 Å². The van der Waals surface area contributed by atoms with Crippen LogP contribution < -0.4 is 5.32 Å². The molecule has 1 atom stereocenters. The van der Waals surface area contributed by atoms with Crippen LogP contribution in [-0.2, 0) is 14.3 Å². The Morgan fingerprint density at radius 3 is 2.66 bits per heavy atom. The first-order chi connectivity index (χ1) is 15.3. The first kappa shape index (κ1) is 21.7. The highest BCUT2D eigenvalue weighted by Crippen LogP contribution is 2.26. The van der Waals surface area contributed by atoms with Crippen molar-refractivity contribution in [1.82, 2.24) is 4.90 Å². The molecule has 2 aliphatic rings. The predicted molar refractivity (Wildman–Crippen MR) is 116 cm³/mol. The van der Waals surface area contributed by atoms with Crippen LogP contribution in [-0.4, -0.2) is 54.5 Å². The number of carbonyl (C=O) groups is 4. The predicted octanol–water partition coefficient (Wildman–Crippen LogP) is 2.87. The smallest absolute Gasteiger partial charge is 0.338 e. The molecule has 1 saturated heterocycles. The Kier molecular flexibility index (Phi) is 6.05. The molecule has 32 heavy (non-hydrogen) atoms. The topological polar surface area (TPSA) is 102 Å². The Morgan fingerprint density at radius 2 is 1.91 bits per heavy atom. The van der Waals surface area contributed by atoms with E-state index in [9.17, 15) is 19.2 Å². The van der Waals surface area contributed by atoms with Crippen LogP contribution in [0.4, 0.5) is 5.69 Å². The molecule has 0 bridgehead atoms. The van der Waals surface area contributed by atoms with Gasteiger partial charge in [-0.2, -0.15) is 0 Å². The van der Waals surface area contributed by atoms with E-state index in [1.807, 2.05) is 26.0 Å². The maximum absolute atomic E-state index is 12.7. The number of imide groups is 1. The monoisotopic (exact) mass is 436 g/mol. The summed E-state index contributed by atoms with van der Waals surface area (Å²) in [6.45, 7) is 4.18. The van der Waals surface area contributed by atoms with E-state index in [4.69, 9.17) is 9.47 Å². The van der Waals surface area contributed by atoms with Gasteiger partial charge in [-0.15, -0.1) is 0 Å². The van der Waals surface area contributed by atoms with Gasteiger partial charge < -0.3 is 14.8 Å². The van der Waals surface area contributed by atoms with Crippen LogP contribution in [0.25, 0.3) is 0 Å². The minimum absolute atomic E-state index is 0.100. The molecule has 4 rings (SSSR count). The number of fused-ring (bicyclic) bond motifs is 1. The number of nitrogens with one attached hydrogen (secondary N) is 1. The fourth-order valence-electron chi connectivity index (χ4n) is 3.86. The molecule has 2 aliphatic heterocycles. The third kappa shape index (κ3) is 4.27. The van der Waals surface area contributed by atoms with Gasteiger partial charge in [0.1, 0.15) is 0 Å². The number of benzene rings is 2. The molecule has 2 aromatic rings. The van der Waals surface area contributed by atoms with Crippen molar-refractivity contribution < 1.29 is 28.7 Å². The quantitative estimate of drug-likeness (QED) is 0.552. The van der Waals surface area contributed by atoms with Crippen LogP contribution in [0.15, 0.2) is 36.4 Å². The largest absolute Gasteiger partial charge is 0.452 e. The summed E-state index contributed by atoms with van der Waals surface area (Å²) >= 11 is 0. The van der Waals surface area contributed by atoms with Crippen molar-refractivity contribution in [2.75, 3.05) is 25.1 Å². The Balaban J connectivity index is 1.39. The highest BCUT2D eigenvalue weighted by atomic mass is 16.5. The van der Waals surface area contributed by atoms with Gasteiger partial charge in [0.15, 0.2) is 6.61 Å². The number of hydrogen-bond donors (Lipinski definition) is 1. The van der Waals surface area contributed by atoms with Crippen molar-refractivity contribution in [3.8, 4) is 0 Å². The molecule has 1 fully saturated rings. The molecule has 8 heteroatoms. The van der Waals surface area contributed by atoms with Crippen molar-refractivity contribution >= 4 is 29.4 Å². The van der Waals surface area contributed by atoms with Gasteiger partial charge in [-0.3, -0.25) is 19.3 Å². The summed E-state index contributed by atoms with van der Waals surface area (Å²) in [5.74, 6) is -2.07. The summed E-state index contributed by atoms with van der Waals surface area (Å²) in [6.07, 6.45) is 1.55. The number of amides is 3. The number of anilines is 1. The van der Waals surface area contributed by atoms with E-state index in [-0.39, 0.29) is 29.3 Å². The van der Waals surface area contributed by atoms with Crippen molar-refractivity contribution in [1.29, 1.82) is 0 Å². The fraction of sp³-hybridized carbons (Fsp3) is 0.333. The van der Waals surface area contributed by atoms with E-state index in [1.54, 1.807) is 6.07 Å². The summed E-state index contributed by atoms with van der Waals surface area (Å²) in [5.41, 5.74) is 3.12. The van der Waals surface area contributed by atoms with Crippen LogP contribution in [0.1, 0.15) is 55.0 Å². The summed E-state index contributed by atoms with van der Waals surface area (Å²) < 4.78 is 10.6. The van der Waals surface area contributed by atoms with Gasteiger partial charge in [-0.05, 0) is 62.1 Å². The summed E-state index contributed by atoms with van der Waals surface area (Å²) in [5, 5.41) is 2.72. The maximum Gasteiger partial charge on any atom is 0.338 e. The third-order valence-electron chi connectivity index (χ3n) is 5.83. The van der Waals surface area contributed by atoms with Gasteiger partial charge in [0.25, 0.3) is 17.7 Å². The van der Waals surface area contributed by atoms with Gasteiger partial charge in [0.05, 0.1) is 29.3 Å². The summed E-state index contributed by atoms with van der Waals surface area (Å²) in [4.78, 5) is 51.1. The molecule has 166 valence electrons. The van der Waals surface area contributed by atoms with Crippen molar-refractivity contribution in [3.63, 3.8) is 0 Å². The molecule has 0 saturated carbocycles. The lowest BCUT2D eigenvalue weighted by atomic mass is 10.1. The molecular formula is C24H24N2O6. The van der Waals surface area contributed by atoms with Crippen molar-refractivity contribution in [3.05, 3.63) is 64.2 Å². The first-order valence-corrected chi connectivity index (χ1v) is 10.5. The van der Waals surface area contributed by atoms with Crippen molar-refractivity contribution in [2.24, 2.45) is 0 Å². The molecule has 0 unspecified atom stereocenters. The number of carbonyl (C=O) groups excluding carboxylic acids is 4. The number of rotatable bonds is 6. The zero-order valence-corrected chi connectivity index (χ0v) is 18.0. The Morgan fingerprint density at radius 1 is 1.12 bits per heavy atom. The lowest BCUT2D eigenvalue weighted by Crippen LogP contribution is -2.36. The molecular weight excluding hydrogens is 412 g/mol. The van der Waals surface area contributed by atoms with E-state index < -0.39 is 30.3 Å². The van der Waals surface area contributed by atoms with Crippen LogP contribution in [0.5, 0.6) is 0 Å². The molecule has 8 nitrogen and oxygen atoms in total. The van der Waals surface area contributed by atoms with Gasteiger partial charge in [-0.25, -0.2) is 4.79 Å².